The maximum atomic E-state index is 11.5. The van der Waals surface area contributed by atoms with Gasteiger partial charge in [-0.05, 0) is 35.5 Å². The summed E-state index contributed by atoms with van der Waals surface area (Å²) in [6.07, 6.45) is 1.66. The van der Waals surface area contributed by atoms with Crippen molar-refractivity contribution in [1.29, 1.82) is 0 Å². The van der Waals surface area contributed by atoms with E-state index in [9.17, 15) is 4.79 Å². The fourth-order valence-corrected chi connectivity index (χ4v) is 2.58. The summed E-state index contributed by atoms with van der Waals surface area (Å²) in [6.45, 7) is 0. The number of hydrogen-bond acceptors (Lipinski definition) is 5. The smallest absolute Gasteiger partial charge is 0.286 e. The highest BCUT2D eigenvalue weighted by atomic mass is 35.5. The van der Waals surface area contributed by atoms with Crippen molar-refractivity contribution in [2.24, 2.45) is 10.7 Å². The number of amidine groups is 1. The Balaban J connectivity index is 2.40. The van der Waals surface area contributed by atoms with Gasteiger partial charge in [0.25, 0.3) is 5.91 Å². The van der Waals surface area contributed by atoms with Crippen LogP contribution in [-0.2, 0) is 4.79 Å². The average Bonchev–Trinajstić information content (AvgIpc) is 2.67. The molecule has 1 amide bonds. The van der Waals surface area contributed by atoms with Gasteiger partial charge >= 0.3 is 0 Å². The summed E-state index contributed by atoms with van der Waals surface area (Å²) in [4.78, 5) is 15.6. The number of benzene rings is 1. The number of methoxy groups -OCH3 is 2. The zero-order chi connectivity index (χ0) is 14.0. The summed E-state index contributed by atoms with van der Waals surface area (Å²) in [5.74, 6) is 0.590. The molecule has 2 rings (SSSR count). The van der Waals surface area contributed by atoms with Crippen molar-refractivity contribution in [3.63, 3.8) is 0 Å². The average molecular weight is 299 g/mol. The van der Waals surface area contributed by atoms with Crippen molar-refractivity contribution in [1.82, 2.24) is 0 Å². The van der Waals surface area contributed by atoms with Crippen molar-refractivity contribution in [2.75, 3.05) is 14.2 Å². The predicted octanol–water partition coefficient (Wildman–Crippen LogP) is 2.29. The first-order valence-electron chi connectivity index (χ1n) is 5.24. The largest absolute Gasteiger partial charge is 0.493 e. The molecule has 1 aliphatic rings. The summed E-state index contributed by atoms with van der Waals surface area (Å²) in [5, 5.41) is 0.640. The van der Waals surface area contributed by atoms with Gasteiger partial charge in [0.15, 0.2) is 16.7 Å². The highest BCUT2D eigenvalue weighted by Crippen LogP contribution is 2.37. The predicted molar refractivity (Wildman–Crippen MR) is 76.8 cm³/mol. The lowest BCUT2D eigenvalue weighted by Crippen LogP contribution is -2.01. The van der Waals surface area contributed by atoms with Gasteiger partial charge < -0.3 is 15.2 Å². The van der Waals surface area contributed by atoms with E-state index >= 15 is 0 Å². The van der Waals surface area contributed by atoms with E-state index < -0.39 is 0 Å². The minimum Gasteiger partial charge on any atom is -0.493 e. The molecule has 1 aromatic rings. The topological polar surface area (TPSA) is 73.9 Å². The number of rotatable bonds is 3. The van der Waals surface area contributed by atoms with Crippen LogP contribution in [0.4, 0.5) is 0 Å². The zero-order valence-electron chi connectivity index (χ0n) is 10.3. The first-order chi connectivity index (χ1) is 9.05. The second-order valence-electron chi connectivity index (χ2n) is 3.60. The molecule has 1 aromatic carbocycles. The molecule has 0 spiro atoms. The third-order valence-electron chi connectivity index (χ3n) is 2.39. The van der Waals surface area contributed by atoms with Gasteiger partial charge in [0.05, 0.1) is 24.1 Å². The lowest BCUT2D eigenvalue weighted by Gasteiger charge is -2.10. The molecular weight excluding hydrogens is 288 g/mol. The van der Waals surface area contributed by atoms with Gasteiger partial charge in [0.2, 0.25) is 0 Å². The molecule has 0 saturated carbocycles. The van der Waals surface area contributed by atoms with Crippen LogP contribution in [-0.4, -0.2) is 25.3 Å². The standard InChI is InChI=1S/C12H11ClN2O3S/c1-17-8-4-6(3-7(13)10(8)18-2)5-9-11(16)15-12(14)19-9/h3-5H,1-2H3,(H2,14,15,16)/b9-5-. The Morgan fingerprint density at radius 2 is 2.11 bits per heavy atom. The lowest BCUT2D eigenvalue weighted by molar-refractivity contribution is -0.113. The molecule has 0 radical (unpaired) electrons. The second-order valence-corrected chi connectivity index (χ2v) is 5.07. The lowest BCUT2D eigenvalue weighted by atomic mass is 10.2. The SMILES string of the molecule is COc1cc(/C=C2\SC(N)=NC2=O)cc(Cl)c1OC. The van der Waals surface area contributed by atoms with Crippen molar-refractivity contribution in [3.05, 3.63) is 27.6 Å². The van der Waals surface area contributed by atoms with Crippen molar-refractivity contribution >= 4 is 40.5 Å². The fourth-order valence-electron chi connectivity index (χ4n) is 1.60. The van der Waals surface area contributed by atoms with Gasteiger partial charge in [-0.1, -0.05) is 11.6 Å². The number of ether oxygens (including phenoxy) is 2. The van der Waals surface area contributed by atoms with Crippen LogP contribution < -0.4 is 15.2 Å². The Hall–Kier alpha value is -1.66. The van der Waals surface area contributed by atoms with E-state index in [0.717, 1.165) is 11.8 Å². The molecular formula is C12H11ClN2O3S. The van der Waals surface area contributed by atoms with Crippen LogP contribution in [0.2, 0.25) is 5.02 Å². The number of halogens is 1. The fraction of sp³-hybridized carbons (Fsp3) is 0.167. The highest BCUT2D eigenvalue weighted by molar-refractivity contribution is 8.18. The van der Waals surface area contributed by atoms with Crippen LogP contribution >= 0.6 is 23.4 Å². The Labute approximate surface area is 119 Å². The highest BCUT2D eigenvalue weighted by Gasteiger charge is 2.20. The number of aliphatic imine (C=N–C) groups is 1. The molecule has 1 aliphatic heterocycles. The number of amides is 1. The van der Waals surface area contributed by atoms with E-state index in [4.69, 9.17) is 26.8 Å². The van der Waals surface area contributed by atoms with E-state index in [0.29, 0.717) is 27.0 Å². The van der Waals surface area contributed by atoms with Crippen LogP contribution in [0.5, 0.6) is 11.5 Å². The number of nitrogens with zero attached hydrogens (tertiary/aromatic N) is 1. The summed E-state index contributed by atoms with van der Waals surface area (Å²) in [6, 6.07) is 3.40. The maximum Gasteiger partial charge on any atom is 0.286 e. The van der Waals surface area contributed by atoms with Crippen molar-refractivity contribution in [3.8, 4) is 11.5 Å². The van der Waals surface area contributed by atoms with Gasteiger partial charge in [-0.2, -0.15) is 4.99 Å². The van der Waals surface area contributed by atoms with E-state index in [-0.39, 0.29) is 11.1 Å². The number of carbonyl (C=O) groups excluding carboxylic acids is 1. The number of nitrogens with two attached hydrogens (primary N) is 1. The van der Waals surface area contributed by atoms with E-state index in [1.165, 1.54) is 14.2 Å². The molecule has 0 atom stereocenters. The molecule has 0 bridgehead atoms. The number of hydrogen-bond donors (Lipinski definition) is 1. The molecule has 2 N–H and O–H groups in total. The Morgan fingerprint density at radius 3 is 2.63 bits per heavy atom. The molecule has 19 heavy (non-hydrogen) atoms. The maximum absolute atomic E-state index is 11.5. The number of carbonyl (C=O) groups is 1. The van der Waals surface area contributed by atoms with Gasteiger partial charge in [-0.25, -0.2) is 0 Å². The third-order valence-corrected chi connectivity index (χ3v) is 3.48. The van der Waals surface area contributed by atoms with E-state index in [2.05, 4.69) is 4.99 Å². The molecule has 0 aromatic heterocycles. The van der Waals surface area contributed by atoms with Crippen LogP contribution in [0.1, 0.15) is 5.56 Å². The van der Waals surface area contributed by atoms with Crippen LogP contribution in [0.25, 0.3) is 6.08 Å². The Morgan fingerprint density at radius 1 is 1.37 bits per heavy atom. The van der Waals surface area contributed by atoms with Crippen LogP contribution in [0, 0.1) is 0 Å². The molecule has 0 saturated heterocycles. The molecule has 100 valence electrons. The van der Waals surface area contributed by atoms with Crippen molar-refractivity contribution < 1.29 is 14.3 Å². The van der Waals surface area contributed by atoms with Crippen molar-refractivity contribution in [2.45, 2.75) is 0 Å². The van der Waals surface area contributed by atoms with Gasteiger partial charge in [0, 0.05) is 0 Å². The summed E-state index contributed by atoms with van der Waals surface area (Å²) in [5.41, 5.74) is 6.19. The minimum absolute atomic E-state index is 0.239. The molecule has 0 unspecified atom stereocenters. The van der Waals surface area contributed by atoms with Gasteiger partial charge in [-0.15, -0.1) is 0 Å². The van der Waals surface area contributed by atoms with Crippen LogP contribution in [0.3, 0.4) is 0 Å². The van der Waals surface area contributed by atoms with E-state index in [1.54, 1.807) is 18.2 Å². The first kappa shape index (κ1) is 13.8. The Kier molecular flexibility index (Phi) is 4.01. The Bertz CT molecular complexity index is 599. The molecule has 0 aliphatic carbocycles. The molecule has 0 fully saturated rings. The summed E-state index contributed by atoms with van der Waals surface area (Å²) in [7, 11) is 3.02. The summed E-state index contributed by atoms with van der Waals surface area (Å²) < 4.78 is 10.3. The molecule has 1 heterocycles. The van der Waals surface area contributed by atoms with Gasteiger partial charge in [-0.3, -0.25) is 4.79 Å². The summed E-state index contributed by atoms with van der Waals surface area (Å²) >= 11 is 7.21. The normalized spacial score (nSPS) is 16.7. The number of thioether (sulfide) groups is 1. The monoisotopic (exact) mass is 298 g/mol. The van der Waals surface area contributed by atoms with Crippen LogP contribution in [0.15, 0.2) is 22.0 Å². The third kappa shape index (κ3) is 2.85. The minimum atomic E-state index is -0.353. The first-order valence-corrected chi connectivity index (χ1v) is 6.44. The second kappa shape index (κ2) is 5.54. The molecule has 7 heteroatoms. The van der Waals surface area contributed by atoms with Gasteiger partial charge in [0.1, 0.15) is 0 Å². The quantitative estimate of drug-likeness (QED) is 0.867. The van der Waals surface area contributed by atoms with E-state index in [1.807, 2.05) is 0 Å². The molecule has 5 nitrogen and oxygen atoms in total. The zero-order valence-corrected chi connectivity index (χ0v) is 11.8.